The van der Waals surface area contributed by atoms with Gasteiger partial charge < -0.3 is 5.11 Å². The fourth-order valence-electron chi connectivity index (χ4n) is 2.53. The summed E-state index contributed by atoms with van der Waals surface area (Å²) in [6.07, 6.45) is 4.78. The predicted molar refractivity (Wildman–Crippen MR) is 68.5 cm³/mol. The molecule has 1 saturated carbocycles. The summed E-state index contributed by atoms with van der Waals surface area (Å²) in [5.74, 6) is 0.593. The van der Waals surface area contributed by atoms with Crippen LogP contribution in [0.1, 0.15) is 30.4 Å². The molecular formula is C14H16O2S. The van der Waals surface area contributed by atoms with E-state index in [-0.39, 0.29) is 0 Å². The van der Waals surface area contributed by atoms with Crippen LogP contribution in [0.2, 0.25) is 0 Å². The van der Waals surface area contributed by atoms with Crippen molar-refractivity contribution in [2.24, 2.45) is 5.41 Å². The number of carbonyl (C=O) groups is 1. The fraction of sp³-hybridized carbons (Fsp3) is 0.500. The molecule has 1 N–H and O–H groups in total. The quantitative estimate of drug-likeness (QED) is 0.893. The highest BCUT2D eigenvalue weighted by Gasteiger charge is 2.49. The summed E-state index contributed by atoms with van der Waals surface area (Å²) in [5, 5.41) is 9.20. The van der Waals surface area contributed by atoms with Crippen molar-refractivity contribution in [3.05, 3.63) is 29.3 Å². The van der Waals surface area contributed by atoms with Crippen molar-refractivity contribution in [2.75, 3.05) is 5.75 Å². The standard InChI is InChI=1S/C14H16O2S/c15-13(16)14(5-6-14)9-10-3-4-12-11(8-10)2-1-7-17-12/h3-4,8H,1-2,5-7,9H2,(H,15,16). The third-order valence-electron chi connectivity index (χ3n) is 3.82. The van der Waals surface area contributed by atoms with Gasteiger partial charge in [-0.3, -0.25) is 4.79 Å². The van der Waals surface area contributed by atoms with E-state index in [0.717, 1.165) is 19.3 Å². The predicted octanol–water partition coefficient (Wildman–Crippen LogP) is 3.13. The number of fused-ring (bicyclic) bond motifs is 1. The van der Waals surface area contributed by atoms with Crippen LogP contribution >= 0.6 is 11.8 Å². The van der Waals surface area contributed by atoms with Crippen molar-refractivity contribution in [3.63, 3.8) is 0 Å². The van der Waals surface area contributed by atoms with Crippen LogP contribution in [0.5, 0.6) is 0 Å². The average molecular weight is 248 g/mol. The van der Waals surface area contributed by atoms with Gasteiger partial charge in [-0.05, 0) is 55.1 Å². The van der Waals surface area contributed by atoms with E-state index in [9.17, 15) is 9.90 Å². The maximum absolute atomic E-state index is 11.2. The zero-order valence-electron chi connectivity index (χ0n) is 9.74. The summed E-state index contributed by atoms with van der Waals surface area (Å²) in [7, 11) is 0. The molecule has 0 unspecified atom stereocenters. The maximum Gasteiger partial charge on any atom is 0.309 e. The Morgan fingerprint density at radius 1 is 1.41 bits per heavy atom. The van der Waals surface area contributed by atoms with Gasteiger partial charge in [0.05, 0.1) is 5.41 Å². The molecule has 1 aromatic rings. The Hall–Kier alpha value is -0.960. The molecule has 2 nitrogen and oxygen atoms in total. The van der Waals surface area contributed by atoms with Crippen LogP contribution in [0.25, 0.3) is 0 Å². The molecule has 2 aliphatic rings. The number of carboxylic acids is 1. The van der Waals surface area contributed by atoms with Crippen LogP contribution in [0.4, 0.5) is 0 Å². The lowest BCUT2D eigenvalue weighted by atomic mass is 9.95. The topological polar surface area (TPSA) is 37.3 Å². The second kappa shape index (κ2) is 4.05. The van der Waals surface area contributed by atoms with Crippen LogP contribution in [0.15, 0.2) is 23.1 Å². The van der Waals surface area contributed by atoms with Crippen molar-refractivity contribution in [1.29, 1.82) is 0 Å². The molecule has 0 spiro atoms. The number of thioether (sulfide) groups is 1. The van der Waals surface area contributed by atoms with Gasteiger partial charge in [0.1, 0.15) is 0 Å². The molecule has 1 aromatic carbocycles. The molecule has 1 heterocycles. The summed E-state index contributed by atoms with van der Waals surface area (Å²) in [4.78, 5) is 12.6. The number of benzene rings is 1. The zero-order valence-corrected chi connectivity index (χ0v) is 10.6. The van der Waals surface area contributed by atoms with Gasteiger partial charge >= 0.3 is 5.97 Å². The van der Waals surface area contributed by atoms with Gasteiger partial charge in [-0.25, -0.2) is 0 Å². The van der Waals surface area contributed by atoms with Crippen LogP contribution in [-0.4, -0.2) is 16.8 Å². The van der Waals surface area contributed by atoms with Gasteiger partial charge in [0.15, 0.2) is 0 Å². The SMILES string of the molecule is O=C(O)C1(Cc2ccc3c(c2)CCCS3)CC1. The fourth-order valence-corrected chi connectivity index (χ4v) is 3.55. The Morgan fingerprint density at radius 2 is 2.24 bits per heavy atom. The molecule has 0 atom stereocenters. The first-order valence-corrected chi connectivity index (χ1v) is 7.16. The van der Waals surface area contributed by atoms with E-state index in [1.54, 1.807) is 0 Å². The molecule has 3 heteroatoms. The minimum atomic E-state index is -0.621. The molecule has 1 fully saturated rings. The molecule has 17 heavy (non-hydrogen) atoms. The van der Waals surface area contributed by atoms with Crippen LogP contribution in [0.3, 0.4) is 0 Å². The lowest BCUT2D eigenvalue weighted by Gasteiger charge is -2.17. The molecule has 0 radical (unpaired) electrons. The summed E-state index contributed by atoms with van der Waals surface area (Å²) >= 11 is 1.92. The summed E-state index contributed by atoms with van der Waals surface area (Å²) in [6.45, 7) is 0. The highest BCUT2D eigenvalue weighted by molar-refractivity contribution is 7.99. The highest BCUT2D eigenvalue weighted by atomic mass is 32.2. The Bertz CT molecular complexity index is 463. The molecule has 0 amide bonds. The summed E-state index contributed by atoms with van der Waals surface area (Å²) in [6, 6.07) is 6.51. The Labute approximate surface area is 105 Å². The van der Waals surface area contributed by atoms with E-state index in [0.29, 0.717) is 6.42 Å². The zero-order chi connectivity index (χ0) is 11.9. The van der Waals surface area contributed by atoms with Crippen LogP contribution in [0, 0.1) is 5.41 Å². The van der Waals surface area contributed by atoms with Crippen LogP contribution < -0.4 is 0 Å². The second-order valence-corrected chi connectivity index (χ2v) is 6.29. The largest absolute Gasteiger partial charge is 0.481 e. The van der Waals surface area contributed by atoms with E-state index in [1.807, 2.05) is 11.8 Å². The second-order valence-electron chi connectivity index (χ2n) is 5.16. The molecular weight excluding hydrogens is 232 g/mol. The number of aryl methyl sites for hydroxylation is 1. The first kappa shape index (κ1) is 11.1. The van der Waals surface area contributed by atoms with E-state index < -0.39 is 11.4 Å². The smallest absolute Gasteiger partial charge is 0.309 e. The Balaban J connectivity index is 1.82. The van der Waals surface area contributed by atoms with E-state index >= 15 is 0 Å². The number of rotatable bonds is 3. The molecule has 0 aromatic heterocycles. The average Bonchev–Trinajstić information content (AvgIpc) is 3.10. The van der Waals surface area contributed by atoms with Crippen molar-refractivity contribution in [2.45, 2.75) is 37.0 Å². The van der Waals surface area contributed by atoms with Crippen molar-refractivity contribution in [1.82, 2.24) is 0 Å². The normalized spacial score (nSPS) is 20.7. The van der Waals surface area contributed by atoms with Gasteiger partial charge in [0.2, 0.25) is 0 Å². The minimum absolute atomic E-state index is 0.434. The highest BCUT2D eigenvalue weighted by Crippen LogP contribution is 2.49. The molecule has 90 valence electrons. The Morgan fingerprint density at radius 3 is 2.94 bits per heavy atom. The maximum atomic E-state index is 11.2. The van der Waals surface area contributed by atoms with E-state index in [4.69, 9.17) is 0 Å². The molecule has 3 rings (SSSR count). The first-order valence-electron chi connectivity index (χ1n) is 6.18. The lowest BCUT2D eigenvalue weighted by molar-refractivity contribution is -0.143. The first-order chi connectivity index (χ1) is 8.20. The van der Waals surface area contributed by atoms with Crippen molar-refractivity contribution < 1.29 is 9.90 Å². The number of aliphatic carboxylic acids is 1. The minimum Gasteiger partial charge on any atom is -0.481 e. The van der Waals surface area contributed by atoms with Gasteiger partial charge in [-0.1, -0.05) is 12.1 Å². The van der Waals surface area contributed by atoms with Gasteiger partial charge in [0.25, 0.3) is 0 Å². The lowest BCUT2D eigenvalue weighted by Crippen LogP contribution is -2.17. The van der Waals surface area contributed by atoms with Crippen LogP contribution in [-0.2, 0) is 17.6 Å². The summed E-state index contributed by atoms with van der Waals surface area (Å²) in [5.41, 5.74) is 2.18. The molecule has 0 saturated heterocycles. The van der Waals surface area contributed by atoms with Gasteiger partial charge in [-0.2, -0.15) is 0 Å². The number of hydrogen-bond acceptors (Lipinski definition) is 2. The Kier molecular flexibility index (Phi) is 2.66. The van der Waals surface area contributed by atoms with E-state index in [2.05, 4.69) is 18.2 Å². The van der Waals surface area contributed by atoms with E-state index in [1.165, 1.54) is 28.2 Å². The summed E-state index contributed by atoms with van der Waals surface area (Å²) < 4.78 is 0. The molecule has 1 aliphatic heterocycles. The van der Waals surface area contributed by atoms with Crippen molar-refractivity contribution >= 4 is 17.7 Å². The number of carboxylic acid groups (broad SMARTS) is 1. The van der Waals surface area contributed by atoms with Crippen molar-refractivity contribution in [3.8, 4) is 0 Å². The molecule has 1 aliphatic carbocycles. The third kappa shape index (κ3) is 2.08. The third-order valence-corrected chi connectivity index (χ3v) is 5.02. The van der Waals surface area contributed by atoms with Gasteiger partial charge in [0, 0.05) is 4.90 Å². The number of hydrogen-bond donors (Lipinski definition) is 1. The monoisotopic (exact) mass is 248 g/mol. The van der Waals surface area contributed by atoms with Gasteiger partial charge in [-0.15, -0.1) is 11.8 Å². The molecule has 0 bridgehead atoms.